The van der Waals surface area contributed by atoms with Crippen molar-refractivity contribution in [3.63, 3.8) is 0 Å². The van der Waals surface area contributed by atoms with Crippen molar-refractivity contribution in [2.24, 2.45) is 0 Å². The van der Waals surface area contributed by atoms with E-state index in [0.717, 1.165) is 19.4 Å². The lowest BCUT2D eigenvalue weighted by atomic mass is 9.99. The van der Waals surface area contributed by atoms with Gasteiger partial charge in [0.1, 0.15) is 0 Å². The molecule has 84 valence electrons. The van der Waals surface area contributed by atoms with Gasteiger partial charge in [0, 0.05) is 17.5 Å². The second-order valence-electron chi connectivity index (χ2n) is 4.73. The Kier molecular flexibility index (Phi) is 3.44. The molecule has 0 aromatic carbocycles. The van der Waals surface area contributed by atoms with Crippen molar-refractivity contribution in [2.45, 2.75) is 44.2 Å². The van der Waals surface area contributed by atoms with Gasteiger partial charge in [-0.1, -0.05) is 6.07 Å². The van der Waals surface area contributed by atoms with E-state index < -0.39 is 5.60 Å². The van der Waals surface area contributed by atoms with Gasteiger partial charge < -0.3 is 10.4 Å². The zero-order chi connectivity index (χ0) is 10.7. The fraction of sp³-hybridized carbons (Fsp3) is 0.667. The van der Waals surface area contributed by atoms with Crippen LogP contribution < -0.4 is 5.32 Å². The second-order valence-corrected chi connectivity index (χ2v) is 5.76. The molecule has 1 aliphatic rings. The fourth-order valence-corrected chi connectivity index (χ4v) is 2.30. The Hall–Kier alpha value is -0.380. The Bertz CT molecular complexity index is 291. The van der Waals surface area contributed by atoms with Crippen LogP contribution in [0.15, 0.2) is 17.5 Å². The number of aliphatic hydroxyl groups is 1. The molecule has 1 unspecified atom stereocenters. The standard InChI is InChI=1S/C12H19NOS/c1-12(14,9-13-10-4-5-10)7-6-11-3-2-8-15-11/h2-3,8,10,13-14H,4-7,9H2,1H3. The van der Waals surface area contributed by atoms with Crippen molar-refractivity contribution in [2.75, 3.05) is 6.54 Å². The molecule has 1 saturated carbocycles. The van der Waals surface area contributed by atoms with Gasteiger partial charge >= 0.3 is 0 Å². The smallest absolute Gasteiger partial charge is 0.0747 e. The molecule has 0 spiro atoms. The first-order valence-electron chi connectivity index (χ1n) is 5.64. The lowest BCUT2D eigenvalue weighted by molar-refractivity contribution is 0.0509. The highest BCUT2D eigenvalue weighted by Gasteiger charge is 2.26. The predicted octanol–water partition coefficient (Wildman–Crippen LogP) is 2.18. The molecule has 15 heavy (non-hydrogen) atoms. The summed E-state index contributed by atoms with van der Waals surface area (Å²) < 4.78 is 0. The number of nitrogens with one attached hydrogen (secondary N) is 1. The summed E-state index contributed by atoms with van der Waals surface area (Å²) in [6.45, 7) is 2.65. The maximum absolute atomic E-state index is 10.1. The number of hydrogen-bond donors (Lipinski definition) is 2. The molecule has 0 bridgehead atoms. The number of aryl methyl sites for hydroxylation is 1. The molecular weight excluding hydrogens is 206 g/mol. The van der Waals surface area contributed by atoms with E-state index in [2.05, 4.69) is 22.8 Å². The monoisotopic (exact) mass is 225 g/mol. The first-order valence-corrected chi connectivity index (χ1v) is 6.52. The van der Waals surface area contributed by atoms with Crippen LogP contribution in [0.5, 0.6) is 0 Å². The van der Waals surface area contributed by atoms with E-state index in [0.29, 0.717) is 6.04 Å². The molecule has 0 radical (unpaired) electrons. The molecule has 1 aliphatic carbocycles. The summed E-state index contributed by atoms with van der Waals surface area (Å²) >= 11 is 1.77. The molecular formula is C12H19NOS. The van der Waals surface area contributed by atoms with Gasteiger partial charge in [-0.3, -0.25) is 0 Å². The minimum Gasteiger partial charge on any atom is -0.389 e. The number of hydrogen-bond acceptors (Lipinski definition) is 3. The lowest BCUT2D eigenvalue weighted by Crippen LogP contribution is -2.39. The van der Waals surface area contributed by atoms with Crippen LogP contribution in [0.4, 0.5) is 0 Å². The first-order chi connectivity index (χ1) is 7.16. The summed E-state index contributed by atoms with van der Waals surface area (Å²) in [6, 6.07) is 4.88. The van der Waals surface area contributed by atoms with Crippen LogP contribution in [0.2, 0.25) is 0 Å². The predicted molar refractivity (Wildman–Crippen MR) is 64.3 cm³/mol. The zero-order valence-corrected chi connectivity index (χ0v) is 10.0. The number of rotatable bonds is 6. The molecule has 1 fully saturated rings. The molecule has 3 heteroatoms. The van der Waals surface area contributed by atoms with Crippen LogP contribution in [0.1, 0.15) is 31.1 Å². The minimum absolute atomic E-state index is 0.563. The average molecular weight is 225 g/mol. The largest absolute Gasteiger partial charge is 0.389 e. The molecule has 1 aromatic heterocycles. The highest BCUT2D eigenvalue weighted by molar-refractivity contribution is 7.09. The SMILES string of the molecule is CC(O)(CCc1cccs1)CNC1CC1. The van der Waals surface area contributed by atoms with Crippen molar-refractivity contribution in [3.05, 3.63) is 22.4 Å². The van der Waals surface area contributed by atoms with E-state index >= 15 is 0 Å². The maximum Gasteiger partial charge on any atom is 0.0747 e. The van der Waals surface area contributed by atoms with Gasteiger partial charge in [0.25, 0.3) is 0 Å². The third-order valence-electron chi connectivity index (χ3n) is 2.84. The lowest BCUT2D eigenvalue weighted by Gasteiger charge is -2.23. The Balaban J connectivity index is 1.71. The van der Waals surface area contributed by atoms with Crippen molar-refractivity contribution in [1.29, 1.82) is 0 Å². The van der Waals surface area contributed by atoms with E-state index in [1.165, 1.54) is 17.7 Å². The van der Waals surface area contributed by atoms with Crippen LogP contribution in [0.3, 0.4) is 0 Å². The van der Waals surface area contributed by atoms with Gasteiger partial charge in [0.15, 0.2) is 0 Å². The molecule has 1 heterocycles. The second kappa shape index (κ2) is 4.64. The highest BCUT2D eigenvalue weighted by Crippen LogP contribution is 2.21. The molecule has 0 amide bonds. The zero-order valence-electron chi connectivity index (χ0n) is 9.20. The van der Waals surface area contributed by atoms with Gasteiger partial charge in [-0.25, -0.2) is 0 Å². The molecule has 1 aromatic rings. The quantitative estimate of drug-likeness (QED) is 0.778. The minimum atomic E-state index is -0.563. The molecule has 2 rings (SSSR count). The van der Waals surface area contributed by atoms with Crippen LogP contribution in [-0.2, 0) is 6.42 Å². The van der Waals surface area contributed by atoms with E-state index in [-0.39, 0.29) is 0 Å². The Morgan fingerprint density at radius 2 is 2.40 bits per heavy atom. The Morgan fingerprint density at radius 1 is 1.60 bits per heavy atom. The van der Waals surface area contributed by atoms with Gasteiger partial charge in [-0.2, -0.15) is 0 Å². The molecule has 0 saturated heterocycles. The summed E-state index contributed by atoms with van der Waals surface area (Å²) in [5.41, 5.74) is -0.563. The van der Waals surface area contributed by atoms with Crippen LogP contribution in [0, 0.1) is 0 Å². The fourth-order valence-electron chi connectivity index (χ4n) is 1.59. The average Bonchev–Trinajstić information content (AvgIpc) is 2.88. The Morgan fingerprint density at radius 3 is 3.00 bits per heavy atom. The first kappa shape index (κ1) is 11.1. The third kappa shape index (κ3) is 3.93. The van der Waals surface area contributed by atoms with Gasteiger partial charge in [-0.05, 0) is 44.1 Å². The van der Waals surface area contributed by atoms with E-state index in [9.17, 15) is 5.11 Å². The van der Waals surface area contributed by atoms with E-state index in [1.54, 1.807) is 11.3 Å². The maximum atomic E-state index is 10.1. The van der Waals surface area contributed by atoms with E-state index in [1.807, 2.05) is 6.92 Å². The molecule has 2 N–H and O–H groups in total. The molecule has 0 aliphatic heterocycles. The van der Waals surface area contributed by atoms with Crippen molar-refractivity contribution in [3.8, 4) is 0 Å². The van der Waals surface area contributed by atoms with Crippen molar-refractivity contribution < 1.29 is 5.11 Å². The van der Waals surface area contributed by atoms with Crippen LogP contribution in [0.25, 0.3) is 0 Å². The Labute approximate surface area is 95.3 Å². The van der Waals surface area contributed by atoms with E-state index in [4.69, 9.17) is 0 Å². The summed E-state index contributed by atoms with van der Waals surface area (Å²) in [5.74, 6) is 0. The van der Waals surface area contributed by atoms with Crippen molar-refractivity contribution in [1.82, 2.24) is 5.32 Å². The van der Waals surface area contributed by atoms with Crippen molar-refractivity contribution >= 4 is 11.3 Å². The topological polar surface area (TPSA) is 32.3 Å². The molecule has 2 nitrogen and oxygen atoms in total. The van der Waals surface area contributed by atoms with Gasteiger partial charge in [-0.15, -0.1) is 11.3 Å². The molecule has 1 atom stereocenters. The summed E-state index contributed by atoms with van der Waals surface area (Å²) in [6.07, 6.45) is 4.38. The summed E-state index contributed by atoms with van der Waals surface area (Å²) in [4.78, 5) is 1.36. The normalized spacial score (nSPS) is 20.1. The number of thiophene rings is 1. The summed E-state index contributed by atoms with van der Waals surface area (Å²) in [7, 11) is 0. The van der Waals surface area contributed by atoms with Crippen LogP contribution >= 0.6 is 11.3 Å². The third-order valence-corrected chi connectivity index (χ3v) is 3.78. The van der Waals surface area contributed by atoms with Gasteiger partial charge in [0.05, 0.1) is 5.60 Å². The van der Waals surface area contributed by atoms with Crippen LogP contribution in [-0.4, -0.2) is 23.3 Å². The highest BCUT2D eigenvalue weighted by atomic mass is 32.1. The van der Waals surface area contributed by atoms with Gasteiger partial charge in [0.2, 0.25) is 0 Å². The summed E-state index contributed by atoms with van der Waals surface area (Å²) in [5, 5.41) is 15.6.